The van der Waals surface area contributed by atoms with E-state index in [2.05, 4.69) is 10.1 Å². The molecule has 6 nitrogen and oxygen atoms in total. The summed E-state index contributed by atoms with van der Waals surface area (Å²) in [7, 11) is 0. The Kier molecular flexibility index (Phi) is 4.05. The molecule has 25 heavy (non-hydrogen) atoms. The third-order valence-electron chi connectivity index (χ3n) is 4.40. The monoisotopic (exact) mass is 355 g/mol. The number of nitrogens with zero attached hydrogens (tertiary/aromatic N) is 5. The topological polar surface area (TPSA) is 53.7 Å². The second kappa shape index (κ2) is 6.37. The summed E-state index contributed by atoms with van der Waals surface area (Å²) in [6, 6.07) is 9.61. The van der Waals surface area contributed by atoms with E-state index in [1.54, 1.807) is 6.20 Å². The van der Waals surface area contributed by atoms with Crippen molar-refractivity contribution >= 4 is 28.8 Å². The molecule has 128 valence electrons. The smallest absolute Gasteiger partial charge is 0.242 e. The van der Waals surface area contributed by atoms with Crippen molar-refractivity contribution in [3.05, 3.63) is 59.0 Å². The summed E-state index contributed by atoms with van der Waals surface area (Å²) in [5.74, 6) is 0.906. The Morgan fingerprint density at radius 2 is 2.00 bits per heavy atom. The van der Waals surface area contributed by atoms with Gasteiger partial charge in [-0.05, 0) is 30.7 Å². The first-order valence-electron chi connectivity index (χ1n) is 8.18. The number of anilines is 1. The van der Waals surface area contributed by atoms with E-state index in [1.807, 2.05) is 57.8 Å². The number of aromatic nitrogens is 3. The molecule has 2 aromatic heterocycles. The molecule has 4 rings (SSSR count). The number of hydrogen-bond donors (Lipinski definition) is 0. The van der Waals surface area contributed by atoms with Crippen molar-refractivity contribution in [1.29, 1.82) is 0 Å². The molecule has 3 heterocycles. The number of carbonyl (C=O) groups is 1. The van der Waals surface area contributed by atoms with Crippen LogP contribution in [0.2, 0.25) is 5.02 Å². The van der Waals surface area contributed by atoms with Crippen molar-refractivity contribution in [3.63, 3.8) is 0 Å². The first-order chi connectivity index (χ1) is 12.1. The lowest BCUT2D eigenvalue weighted by molar-refractivity contribution is -0.131. The number of carbonyl (C=O) groups excluding carboxylic acids is 1. The first kappa shape index (κ1) is 15.9. The molecule has 0 unspecified atom stereocenters. The summed E-state index contributed by atoms with van der Waals surface area (Å²) in [5, 5.41) is 5.11. The van der Waals surface area contributed by atoms with Crippen LogP contribution in [0, 0.1) is 6.92 Å². The lowest BCUT2D eigenvalue weighted by atomic mass is 10.2. The van der Waals surface area contributed by atoms with Crippen LogP contribution in [0.5, 0.6) is 0 Å². The molecule has 0 N–H and O–H groups in total. The van der Waals surface area contributed by atoms with Gasteiger partial charge in [0, 0.05) is 37.1 Å². The van der Waals surface area contributed by atoms with Crippen LogP contribution in [0.4, 0.5) is 5.82 Å². The van der Waals surface area contributed by atoms with Gasteiger partial charge in [0.15, 0.2) is 5.82 Å². The molecule has 0 radical (unpaired) electrons. The van der Waals surface area contributed by atoms with E-state index in [1.165, 1.54) is 0 Å². The van der Waals surface area contributed by atoms with Crippen molar-refractivity contribution in [2.75, 3.05) is 24.5 Å². The number of halogens is 1. The Hall–Kier alpha value is -2.60. The van der Waals surface area contributed by atoms with E-state index in [0.717, 1.165) is 29.1 Å². The number of fused-ring (bicyclic) bond motifs is 1. The van der Waals surface area contributed by atoms with Gasteiger partial charge in [0.25, 0.3) is 0 Å². The van der Waals surface area contributed by atoms with Gasteiger partial charge < -0.3 is 9.80 Å². The molecule has 0 aliphatic carbocycles. The molecule has 1 saturated heterocycles. The highest BCUT2D eigenvalue weighted by molar-refractivity contribution is 6.30. The molecule has 0 saturated carbocycles. The molecular weight excluding hydrogens is 338 g/mol. The van der Waals surface area contributed by atoms with Crippen molar-refractivity contribution in [3.8, 4) is 0 Å². The minimum atomic E-state index is 0.0984. The normalized spacial score (nSPS) is 15.2. The lowest BCUT2D eigenvalue weighted by Gasteiger charge is -2.35. The van der Waals surface area contributed by atoms with Gasteiger partial charge in [0.2, 0.25) is 5.91 Å². The molecule has 0 bridgehead atoms. The molecule has 1 aliphatic heterocycles. The molecule has 1 aliphatic rings. The fourth-order valence-electron chi connectivity index (χ4n) is 3.14. The van der Waals surface area contributed by atoms with Crippen LogP contribution in [0.3, 0.4) is 0 Å². The van der Waals surface area contributed by atoms with Crippen LogP contribution in [-0.4, -0.2) is 45.0 Å². The minimum Gasteiger partial charge on any atom is -0.344 e. The summed E-state index contributed by atoms with van der Waals surface area (Å²) < 4.78 is 1.81. The van der Waals surface area contributed by atoms with Crippen LogP contribution in [0.25, 0.3) is 5.52 Å². The molecule has 3 aromatic rings. The van der Waals surface area contributed by atoms with Crippen LogP contribution in [0.1, 0.15) is 11.3 Å². The van der Waals surface area contributed by atoms with E-state index in [4.69, 9.17) is 11.6 Å². The largest absolute Gasteiger partial charge is 0.344 e. The highest BCUT2D eigenvalue weighted by atomic mass is 35.5. The van der Waals surface area contributed by atoms with Crippen LogP contribution in [0.15, 0.2) is 42.7 Å². The summed E-state index contributed by atoms with van der Waals surface area (Å²) >= 11 is 5.92. The van der Waals surface area contributed by atoms with Crippen molar-refractivity contribution < 1.29 is 4.79 Å². The average molecular weight is 356 g/mol. The molecular formula is C18H18ClN5O. The average Bonchev–Trinajstić information content (AvgIpc) is 2.98. The molecule has 0 spiro atoms. The van der Waals surface area contributed by atoms with Gasteiger partial charge in [-0.15, -0.1) is 0 Å². The summed E-state index contributed by atoms with van der Waals surface area (Å²) in [5.41, 5.74) is 2.94. The molecule has 1 fully saturated rings. The van der Waals surface area contributed by atoms with Crippen molar-refractivity contribution in [2.45, 2.75) is 13.5 Å². The third kappa shape index (κ3) is 3.17. The standard InChI is InChI=1S/C18H18ClN5O/c1-13-10-16-18(20-6-7-24(16)21-13)23-9-8-22(17(25)12-23)11-14-2-4-15(19)5-3-14/h2-7,10H,8-9,11-12H2,1H3. The number of amides is 1. The van der Waals surface area contributed by atoms with Gasteiger partial charge in [-0.2, -0.15) is 5.10 Å². The Labute approximate surface area is 150 Å². The Morgan fingerprint density at radius 1 is 1.20 bits per heavy atom. The van der Waals surface area contributed by atoms with E-state index in [-0.39, 0.29) is 5.91 Å². The fraction of sp³-hybridized carbons (Fsp3) is 0.278. The minimum absolute atomic E-state index is 0.0984. The zero-order chi connectivity index (χ0) is 17.4. The van der Waals surface area contributed by atoms with Gasteiger partial charge >= 0.3 is 0 Å². The highest BCUT2D eigenvalue weighted by Gasteiger charge is 2.26. The summed E-state index contributed by atoms with van der Waals surface area (Å²) in [4.78, 5) is 21.0. The highest BCUT2D eigenvalue weighted by Crippen LogP contribution is 2.22. The maximum Gasteiger partial charge on any atom is 0.242 e. The number of rotatable bonds is 3. The van der Waals surface area contributed by atoms with E-state index >= 15 is 0 Å². The van der Waals surface area contributed by atoms with Crippen LogP contribution >= 0.6 is 11.6 Å². The third-order valence-corrected chi connectivity index (χ3v) is 4.65. The molecule has 1 aromatic carbocycles. The number of hydrogen-bond acceptors (Lipinski definition) is 4. The van der Waals surface area contributed by atoms with Gasteiger partial charge in [0.05, 0.1) is 12.2 Å². The molecule has 0 atom stereocenters. The lowest BCUT2D eigenvalue weighted by Crippen LogP contribution is -2.50. The quantitative estimate of drug-likeness (QED) is 0.724. The molecule has 7 heteroatoms. The van der Waals surface area contributed by atoms with Crippen molar-refractivity contribution in [2.24, 2.45) is 0 Å². The van der Waals surface area contributed by atoms with Gasteiger partial charge in [-0.25, -0.2) is 9.50 Å². The van der Waals surface area contributed by atoms with Gasteiger partial charge in [-0.3, -0.25) is 4.79 Å². The van der Waals surface area contributed by atoms with Crippen molar-refractivity contribution in [1.82, 2.24) is 19.5 Å². The zero-order valence-electron chi connectivity index (χ0n) is 13.9. The number of benzene rings is 1. The van der Waals surface area contributed by atoms with Crippen LogP contribution in [-0.2, 0) is 11.3 Å². The predicted octanol–water partition coefficient (Wildman–Crippen LogP) is 2.54. The second-order valence-corrected chi connectivity index (χ2v) is 6.67. The number of piperazine rings is 1. The van der Waals surface area contributed by atoms with Gasteiger partial charge in [0.1, 0.15) is 5.52 Å². The maximum atomic E-state index is 12.6. The Morgan fingerprint density at radius 3 is 2.76 bits per heavy atom. The second-order valence-electron chi connectivity index (χ2n) is 6.23. The van der Waals surface area contributed by atoms with Gasteiger partial charge in [-0.1, -0.05) is 23.7 Å². The SMILES string of the molecule is Cc1cc2c(N3CCN(Cc4ccc(Cl)cc4)C(=O)C3)nccn2n1. The predicted molar refractivity (Wildman–Crippen MR) is 96.8 cm³/mol. The summed E-state index contributed by atoms with van der Waals surface area (Å²) in [6.07, 6.45) is 3.55. The van der Waals surface area contributed by atoms with Crippen LogP contribution < -0.4 is 4.90 Å². The number of aryl methyl sites for hydroxylation is 1. The molecule has 1 amide bonds. The first-order valence-corrected chi connectivity index (χ1v) is 8.56. The van der Waals surface area contributed by atoms with E-state index in [9.17, 15) is 4.79 Å². The zero-order valence-corrected chi connectivity index (χ0v) is 14.6. The van der Waals surface area contributed by atoms with E-state index < -0.39 is 0 Å². The maximum absolute atomic E-state index is 12.6. The summed E-state index contributed by atoms with van der Waals surface area (Å²) in [6.45, 7) is 4.29. The Balaban J connectivity index is 1.51. The van der Waals surface area contributed by atoms with E-state index in [0.29, 0.717) is 24.7 Å². The Bertz CT molecular complexity index is 921. The fourth-order valence-corrected chi connectivity index (χ4v) is 3.27.